The number of anilines is 5. The van der Waals surface area contributed by atoms with E-state index in [2.05, 4.69) is 164 Å². The van der Waals surface area contributed by atoms with Crippen molar-refractivity contribution in [1.82, 2.24) is 14.9 Å². The smallest absolute Gasteiger partial charge is 0.274 e. The number of amides is 6. The first-order valence-corrected chi connectivity index (χ1v) is 42.0. The number of nitrogens with zero attached hydrogens (tertiary/aromatic N) is 7. The molecular formula is C99H108N12O11. The molecule has 13 aliphatic rings. The van der Waals surface area contributed by atoms with Gasteiger partial charge in [-0.15, -0.1) is 5.11 Å². The third-order valence-corrected chi connectivity index (χ3v) is 24.8. The minimum absolute atomic E-state index is 0.0527. The maximum Gasteiger partial charge on any atom is 0.274 e. The van der Waals surface area contributed by atoms with Gasteiger partial charge in [0.2, 0.25) is 0 Å². The predicted molar refractivity (Wildman–Crippen MR) is 480 cm³/mol. The molecule has 6 amide bonds. The summed E-state index contributed by atoms with van der Waals surface area (Å²) in [6.07, 6.45) is 9.31. The molecule has 13 heterocycles. The molecular weight excluding hydrogens is 1530 g/mol. The molecule has 0 atom stereocenters. The summed E-state index contributed by atoms with van der Waals surface area (Å²) < 4.78 is 6.82. The number of nitro groups is 2. The van der Waals surface area contributed by atoms with Crippen molar-refractivity contribution in [1.29, 1.82) is 0 Å². The standard InChI is InChI=1S/C58H60N8O8.C41H48N4O3/c1-31-19-39-20-32(2)49(31)61-53(67)45-27-43(65(71)72)28-46(59-45)54(68)63-51-35(5)23-41(24-36(51)6)58(17-13-10-14-18-58)42-25-37(7)52(38(8)26-42)64-56(70)48-30-44(66(73)74)29-47(60-48)55(69)62-50-33(3)21-40(22-34(50)4)57(39)15-11-9-12-16-57;1-11-45(12-2)38(47)27-20-18-26(19-21-27)37(46)42-33-24-28(39(3,4)5)22-31-35(33)48-36-32(41(31,9)10)23-29(40(6,7)8)25-34(36)44-43-30-16-14-13-15-17-30/h19-30H,9-18H2,1-8H3,(H,61,67)(H,62,69)(H,63,68)(H,64,70);13-25H,11-12H2,1-10H3,(H,42,46). The molecule has 23 heteroatoms. The predicted octanol–water partition coefficient (Wildman–Crippen LogP) is 23.4. The van der Waals surface area contributed by atoms with Gasteiger partial charge >= 0.3 is 0 Å². The zero-order chi connectivity index (χ0) is 88.0. The van der Waals surface area contributed by atoms with Gasteiger partial charge in [-0.25, -0.2) is 9.97 Å². The van der Waals surface area contributed by atoms with Gasteiger partial charge in [0.25, 0.3) is 46.8 Å². The molecule has 11 aliphatic heterocycles. The number of carbonyl (C=O) groups excluding carboxylic acids is 6. The van der Waals surface area contributed by atoms with Crippen molar-refractivity contribution >= 4 is 86.6 Å². The minimum atomic E-state index is -0.712. The fourth-order valence-electron chi connectivity index (χ4n) is 17.9. The van der Waals surface area contributed by atoms with Crippen LogP contribution in [0.4, 0.5) is 51.2 Å². The molecule has 2 saturated carbocycles. The summed E-state index contributed by atoms with van der Waals surface area (Å²) >= 11 is 0. The summed E-state index contributed by atoms with van der Waals surface area (Å²) in [6, 6.07) is 45.7. The van der Waals surface area contributed by atoms with Gasteiger partial charge in [-0.2, -0.15) is 5.11 Å². The Hall–Kier alpha value is -12.9. The molecule has 0 saturated heterocycles. The molecule has 8 aromatic carbocycles. The Kier molecular flexibility index (Phi) is 24.4. The number of pyridine rings is 2. The van der Waals surface area contributed by atoms with E-state index in [4.69, 9.17) is 9.85 Å². The average molecular weight is 1640 g/mol. The van der Waals surface area contributed by atoms with E-state index in [1.807, 2.05) is 106 Å². The lowest BCUT2D eigenvalue weighted by molar-refractivity contribution is -0.385. The third kappa shape index (κ3) is 17.5. The second-order valence-corrected chi connectivity index (χ2v) is 35.8. The van der Waals surface area contributed by atoms with Crippen LogP contribution >= 0.6 is 0 Å². The number of benzene rings is 8. The summed E-state index contributed by atoms with van der Waals surface area (Å²) in [5.41, 5.74) is 15.7. The second kappa shape index (κ2) is 34.3. The molecule has 0 unspecified atom stereocenters. The number of carbonyl (C=O) groups is 6. The van der Waals surface area contributed by atoms with Crippen molar-refractivity contribution < 1.29 is 43.4 Å². The molecule has 2 aliphatic carbocycles. The SMILES string of the molecule is CCN(CC)C(=O)c1ccc(C(=O)Nc2cc(C(C)(C)C)cc3c2Oc2c(N=Nc4ccccc4)cc(C(C)(C)C)cc2C3(C)C)cc1.Cc1cc2cc(C)c1NC(=O)c1cc([N+](=O)[O-])cc(n1)C(=O)Nc1c(C)cc(cc1C)C1(CCCCC1)c1cc(C)c(c(C)c1)NC(=O)c1cc([N+](=O)[O-])cc(n1)C(=O)Nc1c(C)cc(cc1C)C21CCCCC1. The normalized spacial score (nSPS) is 15.5. The van der Waals surface area contributed by atoms with Crippen LogP contribution in [0.3, 0.4) is 0 Å². The first-order chi connectivity index (χ1) is 57.7. The van der Waals surface area contributed by atoms with E-state index in [-0.39, 0.29) is 45.4 Å². The molecule has 0 radical (unpaired) electrons. The van der Waals surface area contributed by atoms with Gasteiger partial charge in [0.15, 0.2) is 11.5 Å². The lowest BCUT2D eigenvalue weighted by Crippen LogP contribution is -2.31. The molecule has 10 aromatic rings. The van der Waals surface area contributed by atoms with Gasteiger partial charge in [0.1, 0.15) is 28.5 Å². The minimum Gasteiger partial charge on any atom is -0.452 e. The number of fused-ring (bicyclic) bond motifs is 2. The number of ether oxygens (including phenoxy) is 1. The van der Waals surface area contributed by atoms with Gasteiger partial charge in [-0.3, -0.25) is 49.0 Å². The van der Waals surface area contributed by atoms with Gasteiger partial charge in [-0.05, 0) is 232 Å². The zero-order valence-corrected chi connectivity index (χ0v) is 73.0. The van der Waals surface area contributed by atoms with Crippen LogP contribution in [0, 0.1) is 75.6 Å². The lowest BCUT2D eigenvalue weighted by atomic mass is 9.64. The number of hydrogen-bond donors (Lipinski definition) is 5. The molecule has 23 rings (SSSR count). The zero-order valence-electron chi connectivity index (χ0n) is 73.0. The van der Waals surface area contributed by atoms with Crippen molar-refractivity contribution in [3.8, 4) is 11.5 Å². The van der Waals surface area contributed by atoms with Crippen LogP contribution in [-0.4, -0.2) is 73.2 Å². The quantitative estimate of drug-likeness (QED) is 0.0510. The Balaban J connectivity index is 0.000000231. The first-order valence-electron chi connectivity index (χ1n) is 42.0. The average Bonchev–Trinajstić information content (AvgIpc) is 0.795. The highest BCUT2D eigenvalue weighted by atomic mass is 16.6. The molecule has 122 heavy (non-hydrogen) atoms. The highest BCUT2D eigenvalue weighted by molar-refractivity contribution is 6.10. The number of nitrogens with one attached hydrogen (secondary N) is 5. The van der Waals surface area contributed by atoms with Crippen LogP contribution in [0.1, 0.15) is 285 Å². The highest BCUT2D eigenvalue weighted by Gasteiger charge is 2.43. The molecule has 2 aromatic heterocycles. The van der Waals surface area contributed by atoms with Gasteiger partial charge in [0.05, 0.1) is 21.2 Å². The van der Waals surface area contributed by atoms with E-state index in [1.54, 1.807) is 29.2 Å². The molecule has 12 bridgehead atoms. The molecule has 23 nitrogen and oxygen atoms in total. The van der Waals surface area contributed by atoms with Crippen molar-refractivity contribution in [2.75, 3.05) is 39.7 Å². The fraction of sp³-hybridized carbons (Fsp3) is 0.354. The summed E-state index contributed by atoms with van der Waals surface area (Å²) in [5, 5.41) is 48.9. The van der Waals surface area contributed by atoms with Gasteiger partial charge in [0, 0.05) is 98.6 Å². The Morgan fingerprint density at radius 3 is 1.13 bits per heavy atom. The van der Waals surface area contributed by atoms with Crippen LogP contribution in [-0.2, 0) is 27.1 Å². The van der Waals surface area contributed by atoms with Crippen LogP contribution < -0.4 is 31.3 Å². The molecule has 2 spiro atoms. The molecule has 630 valence electrons. The third-order valence-electron chi connectivity index (χ3n) is 24.8. The first kappa shape index (κ1) is 86.9. The molecule has 5 N–H and O–H groups in total. The maximum absolute atomic E-state index is 14.1. The second-order valence-electron chi connectivity index (χ2n) is 35.8. The highest BCUT2D eigenvalue weighted by Crippen LogP contribution is 2.57. The van der Waals surface area contributed by atoms with E-state index < -0.39 is 61.1 Å². The summed E-state index contributed by atoms with van der Waals surface area (Å²) in [6.45, 7) is 37.7. The fourth-order valence-corrected chi connectivity index (χ4v) is 17.9. The van der Waals surface area contributed by atoms with E-state index in [0.29, 0.717) is 69.8 Å². The van der Waals surface area contributed by atoms with Crippen molar-refractivity contribution in [2.24, 2.45) is 10.2 Å². The Morgan fingerprint density at radius 1 is 0.459 bits per heavy atom. The van der Waals surface area contributed by atoms with Crippen molar-refractivity contribution in [3.05, 3.63) is 295 Å². The van der Waals surface area contributed by atoms with Crippen molar-refractivity contribution in [2.45, 2.75) is 216 Å². The summed E-state index contributed by atoms with van der Waals surface area (Å²) in [5.74, 6) is -1.98. The number of aryl methyl sites for hydroxylation is 8. The number of rotatable bonds is 9. The van der Waals surface area contributed by atoms with Crippen LogP contribution in [0.2, 0.25) is 0 Å². The number of aromatic nitrogens is 2. The Bertz CT molecular complexity index is 5430. The lowest BCUT2D eigenvalue weighted by Gasteiger charge is -2.40. The van der Waals surface area contributed by atoms with E-state index >= 15 is 0 Å². The van der Waals surface area contributed by atoms with Crippen molar-refractivity contribution in [3.63, 3.8) is 0 Å². The number of azo groups is 1. The topological polar surface area (TPSA) is 312 Å². The number of hydrogen-bond acceptors (Lipinski definition) is 15. The largest absolute Gasteiger partial charge is 0.452 e. The summed E-state index contributed by atoms with van der Waals surface area (Å²) in [7, 11) is 0. The van der Waals surface area contributed by atoms with Crippen LogP contribution in [0.25, 0.3) is 0 Å². The monoisotopic (exact) mass is 1640 g/mol. The Labute approximate surface area is 713 Å². The molecule has 2 fully saturated rings. The maximum atomic E-state index is 14.1. The summed E-state index contributed by atoms with van der Waals surface area (Å²) in [4.78, 5) is 117. The van der Waals surface area contributed by atoms with E-state index in [9.17, 15) is 49.0 Å². The van der Waals surface area contributed by atoms with Gasteiger partial charge in [-0.1, -0.05) is 173 Å². The van der Waals surface area contributed by atoms with Crippen LogP contribution in [0.15, 0.2) is 162 Å². The van der Waals surface area contributed by atoms with Gasteiger partial charge < -0.3 is 36.2 Å². The van der Waals surface area contributed by atoms with E-state index in [0.717, 1.165) is 183 Å². The van der Waals surface area contributed by atoms with Crippen LogP contribution in [0.5, 0.6) is 11.5 Å². The Morgan fingerprint density at radius 2 is 0.795 bits per heavy atom. The van der Waals surface area contributed by atoms with E-state index in [1.165, 1.54) is 0 Å².